The van der Waals surface area contributed by atoms with Crippen molar-refractivity contribution in [1.29, 1.82) is 0 Å². The molecule has 2 nitrogen and oxygen atoms in total. The van der Waals surface area contributed by atoms with E-state index < -0.39 is 8.32 Å². The zero-order chi connectivity index (χ0) is 15.4. The fourth-order valence-corrected chi connectivity index (χ4v) is 2.10. The van der Waals surface area contributed by atoms with Crippen molar-refractivity contribution in [3.05, 3.63) is 48.6 Å². The predicted octanol–water partition coefficient (Wildman–Crippen LogP) is 5.50. The van der Waals surface area contributed by atoms with E-state index in [1.165, 1.54) is 0 Å². The van der Waals surface area contributed by atoms with Gasteiger partial charge in [-0.1, -0.05) is 64.1 Å². The minimum absolute atomic E-state index is 0.108. The van der Waals surface area contributed by atoms with Gasteiger partial charge in [0.25, 0.3) is 0 Å². The number of hydrogen-bond donors (Lipinski definition) is 0. The fraction of sp³-hybridized carbons (Fsp3) is 0.529. The van der Waals surface area contributed by atoms with Gasteiger partial charge in [0.05, 0.1) is 0 Å². The first-order valence-corrected chi connectivity index (χ1v) is 10.1. The SMILES string of the molecule is C=C[C@H](C)[C@@H](OO[Si](C)(C)C(C)(C)C)c1ccccc1. The van der Waals surface area contributed by atoms with Crippen LogP contribution in [0.4, 0.5) is 0 Å². The average Bonchev–Trinajstić information content (AvgIpc) is 2.38. The van der Waals surface area contributed by atoms with Gasteiger partial charge in [-0.25, -0.2) is 4.89 Å². The van der Waals surface area contributed by atoms with Gasteiger partial charge in [-0.05, 0) is 23.7 Å². The Balaban J connectivity index is 2.85. The van der Waals surface area contributed by atoms with E-state index in [1.807, 2.05) is 24.3 Å². The van der Waals surface area contributed by atoms with Crippen molar-refractivity contribution in [2.24, 2.45) is 5.92 Å². The molecule has 1 rings (SSSR count). The third-order valence-corrected chi connectivity index (χ3v) is 8.27. The van der Waals surface area contributed by atoms with E-state index in [1.54, 1.807) is 0 Å². The predicted molar refractivity (Wildman–Crippen MR) is 87.9 cm³/mol. The van der Waals surface area contributed by atoms with Gasteiger partial charge in [0.1, 0.15) is 6.10 Å². The molecule has 0 aromatic heterocycles. The Morgan fingerprint density at radius 2 is 1.70 bits per heavy atom. The van der Waals surface area contributed by atoms with Crippen molar-refractivity contribution >= 4 is 8.32 Å². The zero-order valence-electron chi connectivity index (χ0n) is 13.6. The highest BCUT2D eigenvalue weighted by molar-refractivity contribution is 6.73. The topological polar surface area (TPSA) is 18.5 Å². The second-order valence-electron chi connectivity index (χ2n) is 6.87. The van der Waals surface area contributed by atoms with Crippen molar-refractivity contribution in [1.82, 2.24) is 0 Å². The van der Waals surface area contributed by atoms with Gasteiger partial charge in [-0.15, -0.1) is 6.58 Å². The van der Waals surface area contributed by atoms with Crippen LogP contribution in [0.15, 0.2) is 43.0 Å². The van der Waals surface area contributed by atoms with E-state index in [9.17, 15) is 0 Å². The van der Waals surface area contributed by atoms with Gasteiger partial charge in [0.15, 0.2) is 0 Å². The van der Waals surface area contributed by atoms with Crippen LogP contribution in [0.2, 0.25) is 18.1 Å². The van der Waals surface area contributed by atoms with Crippen molar-refractivity contribution in [2.75, 3.05) is 0 Å². The summed E-state index contributed by atoms with van der Waals surface area (Å²) < 4.78 is 5.92. The minimum atomic E-state index is -1.92. The summed E-state index contributed by atoms with van der Waals surface area (Å²) in [5.74, 6) is 0.196. The summed E-state index contributed by atoms with van der Waals surface area (Å²) in [6.45, 7) is 17.0. The van der Waals surface area contributed by atoms with E-state index in [2.05, 4.69) is 59.5 Å². The molecule has 0 radical (unpaired) electrons. The Morgan fingerprint density at radius 1 is 1.15 bits per heavy atom. The molecule has 20 heavy (non-hydrogen) atoms. The summed E-state index contributed by atoms with van der Waals surface area (Å²) in [6, 6.07) is 10.2. The van der Waals surface area contributed by atoms with Gasteiger partial charge >= 0.3 is 0 Å². The van der Waals surface area contributed by atoms with Crippen LogP contribution in [0.25, 0.3) is 0 Å². The summed E-state index contributed by atoms with van der Waals surface area (Å²) in [7, 11) is -1.92. The Bertz CT molecular complexity index is 420. The van der Waals surface area contributed by atoms with Crippen LogP contribution < -0.4 is 0 Å². The van der Waals surface area contributed by atoms with E-state index in [-0.39, 0.29) is 17.1 Å². The molecule has 0 aliphatic carbocycles. The summed E-state index contributed by atoms with van der Waals surface area (Å²) >= 11 is 0. The first-order chi connectivity index (χ1) is 9.19. The van der Waals surface area contributed by atoms with E-state index >= 15 is 0 Å². The average molecular weight is 292 g/mol. The van der Waals surface area contributed by atoms with E-state index in [4.69, 9.17) is 9.46 Å². The molecule has 3 heteroatoms. The van der Waals surface area contributed by atoms with E-state index in [0.29, 0.717) is 0 Å². The minimum Gasteiger partial charge on any atom is -0.286 e. The quantitative estimate of drug-likeness (QED) is 0.298. The lowest BCUT2D eigenvalue weighted by Gasteiger charge is -2.36. The van der Waals surface area contributed by atoms with Gasteiger partial charge in [0.2, 0.25) is 8.32 Å². The number of benzene rings is 1. The smallest absolute Gasteiger partial charge is 0.238 e. The second-order valence-corrected chi connectivity index (χ2v) is 11.6. The number of rotatable bonds is 6. The maximum absolute atomic E-state index is 5.92. The maximum atomic E-state index is 5.92. The molecule has 0 N–H and O–H groups in total. The molecule has 0 spiro atoms. The lowest BCUT2D eigenvalue weighted by atomic mass is 9.98. The van der Waals surface area contributed by atoms with Crippen LogP contribution in [-0.4, -0.2) is 8.32 Å². The summed E-state index contributed by atoms with van der Waals surface area (Å²) in [5.41, 5.74) is 1.12. The molecule has 0 aliphatic heterocycles. The molecule has 0 saturated heterocycles. The van der Waals surface area contributed by atoms with Crippen LogP contribution >= 0.6 is 0 Å². The Labute approximate surface area is 124 Å². The van der Waals surface area contributed by atoms with Crippen LogP contribution in [-0.2, 0) is 9.46 Å². The second kappa shape index (κ2) is 6.70. The van der Waals surface area contributed by atoms with Gasteiger partial charge < -0.3 is 0 Å². The molecule has 1 aromatic carbocycles. The van der Waals surface area contributed by atoms with E-state index in [0.717, 1.165) is 5.56 Å². The molecule has 0 aliphatic rings. The monoisotopic (exact) mass is 292 g/mol. The summed E-state index contributed by atoms with van der Waals surface area (Å²) in [5, 5.41) is 0.131. The molecule has 0 fully saturated rings. The molecular formula is C17H28O2Si. The molecule has 2 atom stereocenters. The molecule has 0 saturated carbocycles. The first kappa shape index (κ1) is 17.1. The van der Waals surface area contributed by atoms with Crippen molar-refractivity contribution in [3.63, 3.8) is 0 Å². The molecule has 0 amide bonds. The lowest BCUT2D eigenvalue weighted by molar-refractivity contribution is -0.269. The third kappa shape index (κ3) is 4.30. The highest BCUT2D eigenvalue weighted by Crippen LogP contribution is 2.38. The summed E-state index contributed by atoms with van der Waals surface area (Å²) in [4.78, 5) is 5.86. The number of hydrogen-bond acceptors (Lipinski definition) is 2. The highest BCUT2D eigenvalue weighted by atomic mass is 28.4. The van der Waals surface area contributed by atoms with Crippen LogP contribution in [0.3, 0.4) is 0 Å². The van der Waals surface area contributed by atoms with Crippen molar-refractivity contribution < 1.29 is 9.46 Å². The molecule has 112 valence electrons. The third-order valence-electron chi connectivity index (χ3n) is 4.14. The zero-order valence-corrected chi connectivity index (χ0v) is 14.6. The van der Waals surface area contributed by atoms with Crippen molar-refractivity contribution in [3.8, 4) is 0 Å². The Kier molecular flexibility index (Phi) is 5.75. The standard InChI is InChI=1S/C17H28O2Si/c1-8-14(2)16(15-12-10-9-11-13-15)18-19-20(6,7)17(3,4)5/h8-14,16H,1H2,2-7H3/t14-,16+/m0/s1. The Morgan fingerprint density at radius 3 is 2.15 bits per heavy atom. The van der Waals surface area contributed by atoms with Gasteiger partial charge in [-0.2, -0.15) is 0 Å². The summed E-state index contributed by atoms with van der Waals surface area (Å²) in [6.07, 6.45) is 1.80. The van der Waals surface area contributed by atoms with Crippen LogP contribution in [0.5, 0.6) is 0 Å². The first-order valence-electron chi connectivity index (χ1n) is 7.21. The van der Waals surface area contributed by atoms with Crippen LogP contribution in [0.1, 0.15) is 39.4 Å². The van der Waals surface area contributed by atoms with Crippen LogP contribution in [0, 0.1) is 5.92 Å². The molecule has 0 unspecified atom stereocenters. The maximum Gasteiger partial charge on any atom is 0.238 e. The largest absolute Gasteiger partial charge is 0.286 e. The van der Waals surface area contributed by atoms with Gasteiger partial charge in [-0.3, -0.25) is 4.58 Å². The molecule has 1 aromatic rings. The normalized spacial score (nSPS) is 15.7. The van der Waals surface area contributed by atoms with Gasteiger partial charge in [0, 0.05) is 5.92 Å². The Hall–Kier alpha value is -0.903. The highest BCUT2D eigenvalue weighted by Gasteiger charge is 2.40. The molecule has 0 heterocycles. The molecule has 0 bridgehead atoms. The lowest BCUT2D eigenvalue weighted by Crippen LogP contribution is -2.41. The van der Waals surface area contributed by atoms with Crippen molar-refractivity contribution in [2.45, 2.75) is 51.9 Å². The fourth-order valence-electron chi connectivity index (χ4n) is 1.51. The molecular weight excluding hydrogens is 264 g/mol.